The highest BCUT2D eigenvalue weighted by Gasteiger charge is 2.28. The average molecular weight is 415 g/mol. The van der Waals surface area contributed by atoms with Crippen LogP contribution in [0.5, 0.6) is 0 Å². The number of carbonyl (C=O) groups is 3. The van der Waals surface area contributed by atoms with E-state index in [4.69, 9.17) is 0 Å². The van der Waals surface area contributed by atoms with Crippen LogP contribution in [0.2, 0.25) is 0 Å². The van der Waals surface area contributed by atoms with Gasteiger partial charge in [0.05, 0.1) is 11.5 Å². The summed E-state index contributed by atoms with van der Waals surface area (Å²) >= 11 is 0. The summed E-state index contributed by atoms with van der Waals surface area (Å²) in [6.45, 7) is 1.17. The van der Waals surface area contributed by atoms with Crippen molar-refractivity contribution in [2.75, 3.05) is 26.2 Å². The average Bonchev–Trinajstić information content (AvgIpc) is 2.77. The fourth-order valence-corrected chi connectivity index (χ4v) is 3.40. The van der Waals surface area contributed by atoms with E-state index in [0.717, 1.165) is 0 Å². The predicted molar refractivity (Wildman–Crippen MR) is 107 cm³/mol. The van der Waals surface area contributed by atoms with Gasteiger partial charge in [-0.2, -0.15) is 0 Å². The zero-order chi connectivity index (χ0) is 21.5. The summed E-state index contributed by atoms with van der Waals surface area (Å²) in [6.07, 6.45) is 1.34. The van der Waals surface area contributed by atoms with Crippen LogP contribution in [0.4, 0.5) is 8.78 Å². The van der Waals surface area contributed by atoms with Gasteiger partial charge in [-0.3, -0.25) is 14.4 Å². The molecule has 8 heteroatoms. The van der Waals surface area contributed by atoms with Crippen LogP contribution in [0.3, 0.4) is 0 Å². The molecular formula is C22H23F2N3O3. The molecule has 30 heavy (non-hydrogen) atoms. The molecule has 1 unspecified atom stereocenters. The van der Waals surface area contributed by atoms with Crippen molar-refractivity contribution in [1.82, 2.24) is 15.5 Å². The largest absolute Gasteiger partial charge is 0.354 e. The van der Waals surface area contributed by atoms with Crippen molar-refractivity contribution in [3.8, 4) is 0 Å². The molecule has 1 fully saturated rings. The van der Waals surface area contributed by atoms with Gasteiger partial charge in [0.2, 0.25) is 5.91 Å². The van der Waals surface area contributed by atoms with Gasteiger partial charge in [0, 0.05) is 31.7 Å². The molecule has 1 heterocycles. The normalized spacial score (nSPS) is 16.1. The van der Waals surface area contributed by atoms with E-state index in [9.17, 15) is 23.2 Å². The summed E-state index contributed by atoms with van der Waals surface area (Å²) < 4.78 is 26.6. The van der Waals surface area contributed by atoms with Crippen molar-refractivity contribution < 1.29 is 23.2 Å². The van der Waals surface area contributed by atoms with E-state index >= 15 is 0 Å². The fourth-order valence-electron chi connectivity index (χ4n) is 3.40. The standard InChI is InChI=1S/C22H23F2N3O3/c23-17-9-7-15(8-10-17)22(30)27-13-3-4-16(14-27)20(28)25-11-12-26-21(29)18-5-1-2-6-19(18)24/h1-2,5-10,16H,3-4,11-14H2,(H,25,28)(H,26,29). The quantitative estimate of drug-likeness (QED) is 0.711. The molecule has 0 bridgehead atoms. The van der Waals surface area contributed by atoms with E-state index in [1.54, 1.807) is 11.0 Å². The molecule has 0 aliphatic carbocycles. The molecule has 2 aromatic carbocycles. The number of nitrogens with one attached hydrogen (secondary N) is 2. The second-order valence-electron chi connectivity index (χ2n) is 7.12. The molecule has 0 radical (unpaired) electrons. The maximum Gasteiger partial charge on any atom is 0.254 e. The molecule has 0 aromatic heterocycles. The fraction of sp³-hybridized carbons (Fsp3) is 0.318. The van der Waals surface area contributed by atoms with Crippen LogP contribution in [0, 0.1) is 17.6 Å². The Kier molecular flexibility index (Phi) is 7.11. The first-order valence-electron chi connectivity index (χ1n) is 9.81. The lowest BCUT2D eigenvalue weighted by molar-refractivity contribution is -0.126. The number of carbonyl (C=O) groups excluding carboxylic acids is 3. The van der Waals surface area contributed by atoms with Gasteiger partial charge in [0.15, 0.2) is 0 Å². The molecule has 1 atom stereocenters. The van der Waals surface area contributed by atoms with Crippen molar-refractivity contribution >= 4 is 17.7 Å². The maximum absolute atomic E-state index is 13.6. The van der Waals surface area contributed by atoms with Crippen LogP contribution >= 0.6 is 0 Å². The lowest BCUT2D eigenvalue weighted by atomic mass is 9.96. The van der Waals surface area contributed by atoms with Gasteiger partial charge < -0.3 is 15.5 Å². The summed E-state index contributed by atoms with van der Waals surface area (Å²) in [6, 6.07) is 11.0. The minimum absolute atomic E-state index is 0.0499. The third-order valence-electron chi connectivity index (χ3n) is 5.00. The Morgan fingerprint density at radius 3 is 2.40 bits per heavy atom. The number of nitrogens with zero attached hydrogens (tertiary/aromatic N) is 1. The first-order chi connectivity index (χ1) is 14.5. The monoisotopic (exact) mass is 415 g/mol. The summed E-state index contributed by atoms with van der Waals surface area (Å²) in [7, 11) is 0. The second kappa shape index (κ2) is 9.96. The van der Waals surface area contributed by atoms with Gasteiger partial charge in [0.25, 0.3) is 11.8 Å². The number of amides is 3. The van der Waals surface area contributed by atoms with Crippen molar-refractivity contribution in [1.29, 1.82) is 0 Å². The number of halogens is 2. The smallest absolute Gasteiger partial charge is 0.254 e. The van der Waals surface area contributed by atoms with Gasteiger partial charge >= 0.3 is 0 Å². The van der Waals surface area contributed by atoms with Gasteiger partial charge in [-0.05, 0) is 49.2 Å². The van der Waals surface area contributed by atoms with E-state index in [1.165, 1.54) is 42.5 Å². The molecule has 3 rings (SSSR count). The van der Waals surface area contributed by atoms with Crippen LogP contribution in [-0.2, 0) is 4.79 Å². The van der Waals surface area contributed by atoms with Crippen LogP contribution < -0.4 is 10.6 Å². The number of benzene rings is 2. The van der Waals surface area contributed by atoms with Gasteiger partial charge in [-0.15, -0.1) is 0 Å². The minimum atomic E-state index is -0.604. The maximum atomic E-state index is 13.6. The Morgan fingerprint density at radius 1 is 0.967 bits per heavy atom. The zero-order valence-electron chi connectivity index (χ0n) is 16.4. The Bertz CT molecular complexity index is 918. The van der Waals surface area contributed by atoms with Crippen LogP contribution in [-0.4, -0.2) is 48.8 Å². The SMILES string of the molecule is O=C(NCCNC(=O)C1CCCN(C(=O)c2ccc(F)cc2)C1)c1ccccc1F. The van der Waals surface area contributed by atoms with Crippen LogP contribution in [0.15, 0.2) is 48.5 Å². The number of rotatable bonds is 6. The lowest BCUT2D eigenvalue weighted by Crippen LogP contribution is -2.46. The summed E-state index contributed by atoms with van der Waals surface area (Å²) in [5.74, 6) is -2.35. The molecule has 0 saturated carbocycles. The summed E-state index contributed by atoms with van der Waals surface area (Å²) in [5.41, 5.74) is 0.333. The first kappa shape index (κ1) is 21.4. The molecule has 1 aliphatic rings. The molecular weight excluding hydrogens is 392 g/mol. The Balaban J connectivity index is 1.45. The van der Waals surface area contributed by atoms with Crippen LogP contribution in [0.1, 0.15) is 33.6 Å². The van der Waals surface area contributed by atoms with Crippen molar-refractivity contribution in [2.45, 2.75) is 12.8 Å². The molecule has 6 nitrogen and oxygen atoms in total. The molecule has 158 valence electrons. The Hall–Kier alpha value is -3.29. The molecule has 0 spiro atoms. The van der Waals surface area contributed by atoms with Gasteiger partial charge in [-0.25, -0.2) is 8.78 Å². The van der Waals surface area contributed by atoms with E-state index in [1.807, 2.05) is 0 Å². The highest BCUT2D eigenvalue weighted by Crippen LogP contribution is 2.19. The van der Waals surface area contributed by atoms with Crippen LogP contribution in [0.25, 0.3) is 0 Å². The molecule has 1 aliphatic heterocycles. The lowest BCUT2D eigenvalue weighted by Gasteiger charge is -2.32. The topological polar surface area (TPSA) is 78.5 Å². The molecule has 1 saturated heterocycles. The summed E-state index contributed by atoms with van der Waals surface area (Å²) in [5, 5.41) is 5.31. The third kappa shape index (κ3) is 5.40. The zero-order valence-corrected chi connectivity index (χ0v) is 16.4. The number of hydrogen-bond donors (Lipinski definition) is 2. The number of hydrogen-bond acceptors (Lipinski definition) is 3. The predicted octanol–water partition coefficient (Wildman–Crippen LogP) is 2.36. The highest BCUT2D eigenvalue weighted by atomic mass is 19.1. The van der Waals surface area contributed by atoms with E-state index in [-0.39, 0.29) is 42.9 Å². The second-order valence-corrected chi connectivity index (χ2v) is 7.12. The van der Waals surface area contributed by atoms with Crippen molar-refractivity contribution in [3.05, 3.63) is 71.3 Å². The number of likely N-dealkylation sites (tertiary alicyclic amines) is 1. The van der Waals surface area contributed by atoms with E-state index in [2.05, 4.69) is 10.6 Å². The molecule has 2 N–H and O–H groups in total. The van der Waals surface area contributed by atoms with Crippen molar-refractivity contribution in [3.63, 3.8) is 0 Å². The Labute approximate surface area is 173 Å². The van der Waals surface area contributed by atoms with Gasteiger partial charge in [0.1, 0.15) is 11.6 Å². The van der Waals surface area contributed by atoms with E-state index < -0.39 is 17.5 Å². The van der Waals surface area contributed by atoms with E-state index in [0.29, 0.717) is 24.9 Å². The van der Waals surface area contributed by atoms with Crippen molar-refractivity contribution in [2.24, 2.45) is 5.92 Å². The number of piperidine rings is 1. The Morgan fingerprint density at radius 2 is 1.67 bits per heavy atom. The minimum Gasteiger partial charge on any atom is -0.354 e. The molecule has 2 aromatic rings. The van der Waals surface area contributed by atoms with Gasteiger partial charge in [-0.1, -0.05) is 12.1 Å². The molecule has 3 amide bonds. The first-order valence-corrected chi connectivity index (χ1v) is 9.81. The third-order valence-corrected chi connectivity index (χ3v) is 5.00. The highest BCUT2D eigenvalue weighted by molar-refractivity contribution is 5.95. The summed E-state index contributed by atoms with van der Waals surface area (Å²) in [4.78, 5) is 38.6.